The van der Waals surface area contributed by atoms with Gasteiger partial charge in [0, 0.05) is 48.8 Å². The fourth-order valence-electron chi connectivity index (χ4n) is 2.58. The van der Waals surface area contributed by atoms with Crippen LogP contribution in [0.15, 0.2) is 30.9 Å². The maximum Gasteiger partial charge on any atom is 0.129 e. The monoisotopic (exact) mass is 299 g/mol. The van der Waals surface area contributed by atoms with Gasteiger partial charge in [-0.25, -0.2) is 9.97 Å². The summed E-state index contributed by atoms with van der Waals surface area (Å²) in [6.07, 6.45) is 6.66. The molecule has 116 valence electrons. The SMILES string of the molecule is Cc1cnccc1NCCNc1cc(C2CC(O)C2)ncn1. The lowest BCUT2D eigenvalue weighted by Crippen LogP contribution is -2.27. The van der Waals surface area contributed by atoms with Crippen LogP contribution in [0.4, 0.5) is 11.5 Å². The van der Waals surface area contributed by atoms with Gasteiger partial charge in [-0.15, -0.1) is 0 Å². The Morgan fingerprint density at radius 1 is 1.23 bits per heavy atom. The van der Waals surface area contributed by atoms with Crippen molar-refractivity contribution in [3.63, 3.8) is 0 Å². The molecule has 0 saturated heterocycles. The zero-order valence-corrected chi connectivity index (χ0v) is 12.7. The summed E-state index contributed by atoms with van der Waals surface area (Å²) in [6, 6.07) is 3.95. The second-order valence-corrected chi connectivity index (χ2v) is 5.69. The van der Waals surface area contributed by atoms with E-state index in [4.69, 9.17) is 0 Å². The van der Waals surface area contributed by atoms with E-state index in [2.05, 4.69) is 25.6 Å². The molecule has 0 aliphatic heterocycles. The summed E-state index contributed by atoms with van der Waals surface area (Å²) in [5, 5.41) is 16.0. The number of aliphatic hydroxyl groups excluding tert-OH is 1. The third-order valence-corrected chi connectivity index (χ3v) is 3.99. The number of hydrogen-bond acceptors (Lipinski definition) is 6. The Bertz CT molecular complexity index is 627. The molecule has 0 unspecified atom stereocenters. The lowest BCUT2D eigenvalue weighted by Gasteiger charge is -2.30. The molecule has 1 fully saturated rings. The molecular weight excluding hydrogens is 278 g/mol. The van der Waals surface area contributed by atoms with Crippen molar-refractivity contribution in [2.75, 3.05) is 23.7 Å². The molecule has 1 aliphatic rings. The van der Waals surface area contributed by atoms with Gasteiger partial charge in [0.25, 0.3) is 0 Å². The molecule has 0 bridgehead atoms. The van der Waals surface area contributed by atoms with Crippen molar-refractivity contribution in [3.8, 4) is 0 Å². The normalized spacial score (nSPS) is 20.3. The molecule has 0 amide bonds. The van der Waals surface area contributed by atoms with Crippen LogP contribution in [0.1, 0.15) is 30.0 Å². The first kappa shape index (κ1) is 14.7. The molecule has 0 atom stereocenters. The first-order valence-corrected chi connectivity index (χ1v) is 7.61. The molecule has 3 N–H and O–H groups in total. The second kappa shape index (κ2) is 6.70. The number of nitrogens with one attached hydrogen (secondary N) is 2. The van der Waals surface area contributed by atoms with E-state index in [0.717, 1.165) is 48.7 Å². The van der Waals surface area contributed by atoms with Crippen LogP contribution in [0.2, 0.25) is 0 Å². The van der Waals surface area contributed by atoms with E-state index in [1.807, 2.05) is 25.3 Å². The van der Waals surface area contributed by atoms with E-state index in [0.29, 0.717) is 5.92 Å². The molecular formula is C16H21N5O. The van der Waals surface area contributed by atoms with Gasteiger partial charge in [-0.1, -0.05) is 0 Å². The highest BCUT2D eigenvalue weighted by Crippen LogP contribution is 2.35. The minimum Gasteiger partial charge on any atom is -0.393 e. The molecule has 2 aromatic rings. The average molecular weight is 299 g/mol. The van der Waals surface area contributed by atoms with E-state index in [1.54, 1.807) is 12.5 Å². The Morgan fingerprint density at radius 2 is 2.05 bits per heavy atom. The minimum atomic E-state index is -0.163. The Kier molecular flexibility index (Phi) is 4.48. The molecule has 2 heterocycles. The van der Waals surface area contributed by atoms with Crippen LogP contribution < -0.4 is 10.6 Å². The Labute approximate surface area is 130 Å². The zero-order chi connectivity index (χ0) is 15.4. The predicted molar refractivity (Wildman–Crippen MR) is 86.0 cm³/mol. The lowest BCUT2D eigenvalue weighted by atomic mass is 9.80. The number of pyridine rings is 1. The van der Waals surface area contributed by atoms with E-state index >= 15 is 0 Å². The predicted octanol–water partition coefficient (Wildman–Crippen LogP) is 1.94. The summed E-state index contributed by atoms with van der Waals surface area (Å²) in [5.41, 5.74) is 3.25. The minimum absolute atomic E-state index is 0.163. The summed E-state index contributed by atoms with van der Waals surface area (Å²) in [6.45, 7) is 3.60. The Balaban J connectivity index is 1.47. The van der Waals surface area contributed by atoms with Crippen LogP contribution in [0, 0.1) is 6.92 Å². The number of aromatic nitrogens is 3. The fraction of sp³-hybridized carbons (Fsp3) is 0.438. The van der Waals surface area contributed by atoms with Gasteiger partial charge in [-0.05, 0) is 31.4 Å². The van der Waals surface area contributed by atoms with Crippen LogP contribution in [-0.4, -0.2) is 39.3 Å². The van der Waals surface area contributed by atoms with Crippen molar-refractivity contribution >= 4 is 11.5 Å². The average Bonchev–Trinajstić information content (AvgIpc) is 2.50. The van der Waals surface area contributed by atoms with Gasteiger partial charge in [0.1, 0.15) is 12.1 Å². The van der Waals surface area contributed by atoms with Crippen molar-refractivity contribution in [3.05, 3.63) is 42.1 Å². The van der Waals surface area contributed by atoms with Crippen molar-refractivity contribution < 1.29 is 5.11 Å². The van der Waals surface area contributed by atoms with Crippen LogP contribution in [0.25, 0.3) is 0 Å². The Morgan fingerprint density at radius 3 is 2.82 bits per heavy atom. The van der Waals surface area contributed by atoms with Crippen molar-refractivity contribution in [1.82, 2.24) is 15.0 Å². The highest BCUT2D eigenvalue weighted by molar-refractivity contribution is 5.48. The topological polar surface area (TPSA) is 83.0 Å². The third kappa shape index (κ3) is 3.51. The molecule has 1 saturated carbocycles. The summed E-state index contributed by atoms with van der Waals surface area (Å²) in [5.74, 6) is 1.20. The number of aryl methyl sites for hydroxylation is 1. The smallest absolute Gasteiger partial charge is 0.129 e. The molecule has 22 heavy (non-hydrogen) atoms. The first-order chi connectivity index (χ1) is 10.7. The zero-order valence-electron chi connectivity index (χ0n) is 12.7. The van der Waals surface area contributed by atoms with Gasteiger partial charge in [0.05, 0.1) is 6.10 Å². The quantitative estimate of drug-likeness (QED) is 0.707. The van der Waals surface area contributed by atoms with E-state index in [-0.39, 0.29) is 6.10 Å². The highest BCUT2D eigenvalue weighted by atomic mass is 16.3. The van der Waals surface area contributed by atoms with Crippen molar-refractivity contribution in [1.29, 1.82) is 0 Å². The fourth-order valence-corrected chi connectivity index (χ4v) is 2.58. The third-order valence-electron chi connectivity index (χ3n) is 3.99. The molecule has 1 aliphatic carbocycles. The molecule has 6 heteroatoms. The molecule has 6 nitrogen and oxygen atoms in total. The molecule has 2 aromatic heterocycles. The molecule has 0 radical (unpaired) electrons. The molecule has 0 aromatic carbocycles. The number of nitrogens with zero attached hydrogens (tertiary/aromatic N) is 3. The Hall–Kier alpha value is -2.21. The van der Waals surface area contributed by atoms with Crippen LogP contribution >= 0.6 is 0 Å². The van der Waals surface area contributed by atoms with Crippen LogP contribution in [0.3, 0.4) is 0 Å². The van der Waals surface area contributed by atoms with E-state index < -0.39 is 0 Å². The summed E-state index contributed by atoms with van der Waals surface area (Å²) < 4.78 is 0. The number of anilines is 2. The van der Waals surface area contributed by atoms with Gasteiger partial charge in [0.2, 0.25) is 0 Å². The largest absolute Gasteiger partial charge is 0.393 e. The first-order valence-electron chi connectivity index (χ1n) is 7.61. The highest BCUT2D eigenvalue weighted by Gasteiger charge is 2.29. The van der Waals surface area contributed by atoms with E-state index in [1.165, 1.54) is 0 Å². The standard InChI is InChI=1S/C16H21N5O/c1-11-9-17-3-2-14(11)18-4-5-19-16-8-15(20-10-21-16)12-6-13(22)7-12/h2-3,8-10,12-13,22H,4-7H2,1H3,(H,17,18)(H,19,20,21). The van der Waals surface area contributed by atoms with Crippen molar-refractivity contribution in [2.45, 2.75) is 31.8 Å². The van der Waals surface area contributed by atoms with Gasteiger partial charge >= 0.3 is 0 Å². The van der Waals surface area contributed by atoms with E-state index in [9.17, 15) is 5.11 Å². The number of rotatable bonds is 6. The van der Waals surface area contributed by atoms with Gasteiger partial charge in [-0.2, -0.15) is 0 Å². The van der Waals surface area contributed by atoms with Gasteiger partial charge < -0.3 is 15.7 Å². The number of aliphatic hydroxyl groups is 1. The van der Waals surface area contributed by atoms with Crippen molar-refractivity contribution in [2.24, 2.45) is 0 Å². The summed E-state index contributed by atoms with van der Waals surface area (Å²) in [7, 11) is 0. The van der Waals surface area contributed by atoms with Gasteiger partial charge in [-0.3, -0.25) is 4.98 Å². The van der Waals surface area contributed by atoms with Crippen LogP contribution in [-0.2, 0) is 0 Å². The second-order valence-electron chi connectivity index (χ2n) is 5.69. The summed E-state index contributed by atoms with van der Waals surface area (Å²) >= 11 is 0. The van der Waals surface area contributed by atoms with Gasteiger partial charge in [0.15, 0.2) is 0 Å². The maximum atomic E-state index is 9.38. The van der Waals surface area contributed by atoms with Crippen LogP contribution in [0.5, 0.6) is 0 Å². The summed E-state index contributed by atoms with van der Waals surface area (Å²) in [4.78, 5) is 12.6. The molecule has 3 rings (SSSR count). The molecule has 0 spiro atoms. The lowest BCUT2D eigenvalue weighted by molar-refractivity contribution is 0.0732. The maximum absolute atomic E-state index is 9.38. The number of hydrogen-bond donors (Lipinski definition) is 3.